The van der Waals surface area contributed by atoms with E-state index in [9.17, 15) is 18.0 Å². The summed E-state index contributed by atoms with van der Waals surface area (Å²) in [4.78, 5) is 24.3. The molecule has 0 aliphatic heterocycles. The molecule has 1 N–H and O–H groups in total. The molecule has 0 spiro atoms. The highest BCUT2D eigenvalue weighted by atomic mass is 32.2. The van der Waals surface area contributed by atoms with Gasteiger partial charge >= 0.3 is 22.2 Å². The van der Waals surface area contributed by atoms with E-state index in [1.54, 1.807) is 38.1 Å². The molecule has 0 radical (unpaired) electrons. The van der Waals surface area contributed by atoms with Crippen molar-refractivity contribution in [3.63, 3.8) is 0 Å². The highest BCUT2D eigenvalue weighted by Crippen LogP contribution is 2.18. The Kier molecular flexibility index (Phi) is 9.52. The van der Waals surface area contributed by atoms with Gasteiger partial charge in [0.15, 0.2) is 0 Å². The monoisotopic (exact) mass is 463 g/mol. The van der Waals surface area contributed by atoms with Gasteiger partial charge in [0.2, 0.25) is 0 Å². The number of rotatable bonds is 11. The third kappa shape index (κ3) is 10.3. The van der Waals surface area contributed by atoms with Crippen LogP contribution in [0.3, 0.4) is 0 Å². The molecule has 0 aliphatic rings. The number of nitrogens with one attached hydrogen (secondary N) is 1. The number of carbonyl (C=O) groups excluding carboxylic acids is 2. The van der Waals surface area contributed by atoms with Crippen molar-refractivity contribution in [1.82, 2.24) is 5.32 Å². The number of benzene rings is 2. The molecule has 0 fully saturated rings. The zero-order chi connectivity index (χ0) is 23.6. The van der Waals surface area contributed by atoms with Crippen LogP contribution in [0.4, 0.5) is 4.79 Å². The summed E-state index contributed by atoms with van der Waals surface area (Å²) >= 11 is 0. The molecule has 0 saturated carbocycles. The highest BCUT2D eigenvalue weighted by molar-refractivity contribution is 7.86. The first-order valence-corrected chi connectivity index (χ1v) is 12.0. The lowest BCUT2D eigenvalue weighted by Crippen LogP contribution is -2.32. The molecule has 0 bridgehead atoms. The number of esters is 1. The normalized spacial score (nSPS) is 12.1. The van der Waals surface area contributed by atoms with Gasteiger partial charge in [-0.05, 0) is 49.4 Å². The number of hydrogen-bond acceptors (Lipinski definition) is 7. The van der Waals surface area contributed by atoms with E-state index in [1.165, 1.54) is 0 Å². The van der Waals surface area contributed by atoms with Crippen LogP contribution in [0.15, 0.2) is 54.6 Å². The van der Waals surface area contributed by atoms with Gasteiger partial charge in [-0.1, -0.05) is 42.5 Å². The summed E-state index contributed by atoms with van der Waals surface area (Å²) in [6.45, 7) is 3.90. The van der Waals surface area contributed by atoms with Gasteiger partial charge in [-0.2, -0.15) is 8.42 Å². The number of alkyl carbamates (subject to hydrolysis) is 1. The van der Waals surface area contributed by atoms with Crippen molar-refractivity contribution in [1.29, 1.82) is 0 Å². The van der Waals surface area contributed by atoms with E-state index in [4.69, 9.17) is 13.7 Å². The smallest absolute Gasteiger partial charge is 0.407 e. The summed E-state index contributed by atoms with van der Waals surface area (Å²) in [7, 11) is -3.61. The predicted molar refractivity (Wildman–Crippen MR) is 120 cm³/mol. The van der Waals surface area contributed by atoms with Crippen molar-refractivity contribution in [2.45, 2.75) is 39.4 Å². The summed E-state index contributed by atoms with van der Waals surface area (Å²) in [5, 5.41) is 2.70. The zero-order valence-electron chi connectivity index (χ0n) is 18.4. The molecule has 9 heteroatoms. The number of carbonyl (C=O) groups is 2. The Bertz CT molecular complexity index is 973. The second-order valence-electron chi connectivity index (χ2n) is 7.69. The van der Waals surface area contributed by atoms with E-state index in [0.29, 0.717) is 6.42 Å². The first-order valence-electron chi connectivity index (χ1n) is 10.2. The van der Waals surface area contributed by atoms with Crippen LogP contribution in [0.2, 0.25) is 0 Å². The lowest BCUT2D eigenvalue weighted by atomic mass is 9.96. The van der Waals surface area contributed by atoms with Crippen LogP contribution in [0.1, 0.15) is 31.4 Å². The Morgan fingerprint density at radius 2 is 1.62 bits per heavy atom. The van der Waals surface area contributed by atoms with Crippen molar-refractivity contribution in [3.05, 3.63) is 65.7 Å². The molecular formula is C23H29NO7S. The fourth-order valence-electron chi connectivity index (χ4n) is 2.95. The molecule has 32 heavy (non-hydrogen) atoms. The molecule has 1 atom stereocenters. The summed E-state index contributed by atoms with van der Waals surface area (Å²) in [6, 6.07) is 15.8. The molecule has 8 nitrogen and oxygen atoms in total. The van der Waals surface area contributed by atoms with Crippen molar-refractivity contribution in [2.24, 2.45) is 5.92 Å². The second-order valence-corrected chi connectivity index (χ2v) is 9.26. The average Bonchev–Trinajstić information content (AvgIpc) is 2.71. The van der Waals surface area contributed by atoms with E-state index >= 15 is 0 Å². The van der Waals surface area contributed by atoms with Crippen LogP contribution in [0.5, 0.6) is 5.75 Å². The molecule has 1 unspecified atom stereocenters. The van der Waals surface area contributed by atoms with Gasteiger partial charge in [-0.3, -0.25) is 4.79 Å². The van der Waals surface area contributed by atoms with Gasteiger partial charge in [0.05, 0.1) is 18.8 Å². The fraction of sp³-hybridized carbons (Fsp3) is 0.391. The summed E-state index contributed by atoms with van der Waals surface area (Å²) in [6.07, 6.45) is 0.733. The van der Waals surface area contributed by atoms with Crippen LogP contribution >= 0.6 is 0 Å². The third-order valence-electron chi connectivity index (χ3n) is 4.27. The molecular weight excluding hydrogens is 434 g/mol. The molecule has 1 amide bonds. The highest BCUT2D eigenvalue weighted by Gasteiger charge is 2.18. The Labute approximate surface area is 189 Å². The lowest BCUT2D eigenvalue weighted by molar-refractivity contribution is -0.148. The van der Waals surface area contributed by atoms with Crippen LogP contribution in [0.25, 0.3) is 0 Å². The third-order valence-corrected chi connectivity index (χ3v) is 4.76. The van der Waals surface area contributed by atoms with Crippen molar-refractivity contribution < 1.29 is 31.7 Å². The maximum atomic E-state index is 12.2. The van der Waals surface area contributed by atoms with Gasteiger partial charge in [0, 0.05) is 6.54 Å². The van der Waals surface area contributed by atoms with Crippen molar-refractivity contribution >= 4 is 22.2 Å². The molecule has 0 aliphatic carbocycles. The second kappa shape index (κ2) is 12.1. The number of hydrogen-bond donors (Lipinski definition) is 1. The number of ether oxygens (including phenoxy) is 2. The lowest BCUT2D eigenvalue weighted by Gasteiger charge is -2.18. The molecule has 0 aromatic heterocycles. The minimum absolute atomic E-state index is 0.110. The largest absolute Gasteiger partial charge is 0.463 e. The first-order chi connectivity index (χ1) is 15.1. The SMILES string of the molecule is CC(C)OC(=O)CC(CNC(=O)OCc1ccccc1)Cc1ccc(OS(C)(=O)=O)cc1. The maximum absolute atomic E-state index is 12.2. The van der Waals surface area contributed by atoms with Crippen LogP contribution < -0.4 is 9.50 Å². The van der Waals surface area contributed by atoms with E-state index < -0.39 is 16.2 Å². The molecule has 0 saturated heterocycles. The van der Waals surface area contributed by atoms with Gasteiger partial charge in [-0.25, -0.2) is 4.79 Å². The zero-order valence-corrected chi connectivity index (χ0v) is 19.3. The molecule has 2 aromatic rings. The van der Waals surface area contributed by atoms with Crippen molar-refractivity contribution in [3.8, 4) is 5.75 Å². The topological polar surface area (TPSA) is 108 Å². The van der Waals surface area contributed by atoms with Gasteiger partial charge in [-0.15, -0.1) is 0 Å². The average molecular weight is 464 g/mol. The van der Waals surface area contributed by atoms with Gasteiger partial charge in [0.1, 0.15) is 12.4 Å². The summed E-state index contributed by atoms with van der Waals surface area (Å²) in [5.74, 6) is -0.400. The molecule has 2 rings (SSSR count). The summed E-state index contributed by atoms with van der Waals surface area (Å²) in [5.41, 5.74) is 1.73. The molecule has 174 valence electrons. The Morgan fingerprint density at radius 3 is 2.22 bits per heavy atom. The molecule has 2 aromatic carbocycles. The summed E-state index contributed by atoms with van der Waals surface area (Å²) < 4.78 is 37.8. The molecule has 0 heterocycles. The van der Waals surface area contributed by atoms with E-state index in [2.05, 4.69) is 5.32 Å². The van der Waals surface area contributed by atoms with E-state index in [0.717, 1.165) is 17.4 Å². The predicted octanol–water partition coefficient (Wildman–Crippen LogP) is 3.45. The Hall–Kier alpha value is -3.07. The van der Waals surface area contributed by atoms with E-state index in [1.807, 2.05) is 30.3 Å². The van der Waals surface area contributed by atoms with Crippen LogP contribution in [0, 0.1) is 5.92 Å². The van der Waals surface area contributed by atoms with Gasteiger partial charge < -0.3 is 19.0 Å². The van der Waals surface area contributed by atoms with Crippen LogP contribution in [-0.2, 0) is 37.4 Å². The maximum Gasteiger partial charge on any atom is 0.407 e. The minimum Gasteiger partial charge on any atom is -0.463 e. The van der Waals surface area contributed by atoms with Crippen molar-refractivity contribution in [2.75, 3.05) is 12.8 Å². The van der Waals surface area contributed by atoms with Gasteiger partial charge in [0.25, 0.3) is 0 Å². The Balaban J connectivity index is 1.95. The minimum atomic E-state index is -3.61. The Morgan fingerprint density at radius 1 is 0.969 bits per heavy atom. The first kappa shape index (κ1) is 25.2. The number of amides is 1. The fourth-order valence-corrected chi connectivity index (χ4v) is 3.41. The van der Waals surface area contributed by atoms with Crippen LogP contribution in [-0.4, -0.2) is 39.4 Å². The van der Waals surface area contributed by atoms with E-state index in [-0.39, 0.29) is 43.3 Å². The standard InChI is InChI=1S/C23H29NO7S/c1-17(2)30-22(25)14-20(13-18-9-11-21(12-10-18)31-32(3,27)28)15-24-23(26)29-16-19-7-5-4-6-8-19/h4-12,17,20H,13-16H2,1-3H3,(H,24,26). The quantitative estimate of drug-likeness (QED) is 0.402.